The molecule has 1 aromatic heterocycles. The largest absolute Gasteiger partial charge is 0.343 e. The van der Waals surface area contributed by atoms with Gasteiger partial charge in [-0.1, -0.05) is 0 Å². The van der Waals surface area contributed by atoms with Crippen molar-refractivity contribution < 1.29 is 4.79 Å². The molecule has 0 aliphatic carbocycles. The number of amides is 1. The summed E-state index contributed by atoms with van der Waals surface area (Å²) in [5.74, 6) is -0.390. The van der Waals surface area contributed by atoms with Crippen molar-refractivity contribution in [3.63, 3.8) is 0 Å². The van der Waals surface area contributed by atoms with Gasteiger partial charge in [-0.25, -0.2) is 4.98 Å². The molecule has 49 valence electrons. The maximum Gasteiger partial charge on any atom is 0.316 e. The quantitative estimate of drug-likeness (QED) is 0.521. The van der Waals surface area contributed by atoms with Gasteiger partial charge in [0.15, 0.2) is 5.69 Å². The van der Waals surface area contributed by atoms with E-state index in [-0.39, 0.29) is 0 Å². The fourth-order valence-electron chi connectivity index (χ4n) is 0.760. The van der Waals surface area contributed by atoms with E-state index in [9.17, 15) is 4.79 Å². The van der Waals surface area contributed by atoms with E-state index in [0.29, 0.717) is 11.4 Å². The van der Waals surface area contributed by atoms with Gasteiger partial charge in [0.25, 0.3) is 0 Å². The molecule has 1 aliphatic heterocycles. The first-order valence-electron chi connectivity index (χ1n) is 2.70. The molecule has 2 heterocycles. The van der Waals surface area contributed by atoms with Crippen molar-refractivity contribution in [2.75, 3.05) is 0 Å². The van der Waals surface area contributed by atoms with Crippen molar-refractivity contribution in [2.45, 2.75) is 0 Å². The van der Waals surface area contributed by atoms with E-state index in [1.54, 1.807) is 0 Å². The molecule has 0 saturated carbocycles. The molecule has 1 aromatic rings. The molecule has 0 unspecified atom stereocenters. The summed E-state index contributed by atoms with van der Waals surface area (Å²) in [7, 11) is 0. The van der Waals surface area contributed by atoms with E-state index in [0.717, 1.165) is 0 Å². The second-order valence-corrected chi connectivity index (χ2v) is 1.81. The molecule has 1 aliphatic rings. The molecule has 2 rings (SSSR count). The van der Waals surface area contributed by atoms with Crippen LogP contribution < -0.4 is 5.43 Å². The molecule has 10 heavy (non-hydrogen) atoms. The van der Waals surface area contributed by atoms with Crippen LogP contribution in [0.2, 0.25) is 0 Å². The number of rotatable bonds is 0. The van der Waals surface area contributed by atoms with Gasteiger partial charge in [-0.3, -0.25) is 4.79 Å². The second kappa shape index (κ2) is 1.66. The van der Waals surface area contributed by atoms with Crippen molar-refractivity contribution in [2.24, 2.45) is 5.10 Å². The van der Waals surface area contributed by atoms with Gasteiger partial charge < -0.3 is 4.98 Å². The third-order valence-electron chi connectivity index (χ3n) is 1.21. The Morgan fingerprint density at radius 2 is 2.40 bits per heavy atom. The lowest BCUT2D eigenvalue weighted by molar-refractivity contribution is 0.0943. The molecule has 1 radical (unpaired) electrons. The second-order valence-electron chi connectivity index (χ2n) is 1.81. The molecule has 0 saturated heterocycles. The smallest absolute Gasteiger partial charge is 0.316 e. The Labute approximate surface area is 56.2 Å². The number of H-pyrrole nitrogens is 1. The van der Waals surface area contributed by atoms with E-state index in [1.165, 1.54) is 12.5 Å². The number of imidazole rings is 1. The third-order valence-corrected chi connectivity index (χ3v) is 1.21. The molecule has 1 amide bonds. The van der Waals surface area contributed by atoms with E-state index in [1.807, 2.05) is 0 Å². The monoisotopic (exact) mass is 135 g/mol. The highest BCUT2D eigenvalue weighted by molar-refractivity contribution is 6.02. The van der Waals surface area contributed by atoms with E-state index in [2.05, 4.69) is 20.5 Å². The summed E-state index contributed by atoms with van der Waals surface area (Å²) in [5, 5.41) is 3.45. The molecule has 5 heteroatoms. The van der Waals surface area contributed by atoms with Gasteiger partial charge in [0.2, 0.25) is 0 Å². The Balaban J connectivity index is 2.62. The van der Waals surface area contributed by atoms with Crippen LogP contribution in [-0.2, 0) is 0 Å². The lowest BCUT2D eigenvalue weighted by atomic mass is 10.3. The molecule has 0 atom stereocenters. The number of aromatic nitrogens is 2. The maximum absolute atomic E-state index is 10.8. The zero-order chi connectivity index (χ0) is 6.97. The van der Waals surface area contributed by atoms with Gasteiger partial charge in [0.05, 0.1) is 18.2 Å². The highest BCUT2D eigenvalue weighted by Gasteiger charge is 2.17. The van der Waals surface area contributed by atoms with Gasteiger partial charge in [-0.05, 0) is 0 Å². The summed E-state index contributed by atoms with van der Waals surface area (Å²) >= 11 is 0. The lowest BCUT2D eigenvalue weighted by Crippen LogP contribution is -2.17. The molecule has 1 N–H and O–H groups in total. The van der Waals surface area contributed by atoms with E-state index in [4.69, 9.17) is 0 Å². The Bertz CT molecular complexity index is 300. The van der Waals surface area contributed by atoms with Gasteiger partial charge >= 0.3 is 5.91 Å². The van der Waals surface area contributed by atoms with E-state index >= 15 is 0 Å². The summed E-state index contributed by atoms with van der Waals surface area (Å²) in [4.78, 5) is 17.3. The number of aromatic amines is 1. The van der Waals surface area contributed by atoms with Crippen LogP contribution in [0.3, 0.4) is 0 Å². The van der Waals surface area contributed by atoms with Gasteiger partial charge in [0, 0.05) is 0 Å². The first-order valence-corrected chi connectivity index (χ1v) is 2.70. The highest BCUT2D eigenvalue weighted by atomic mass is 16.2. The molecule has 0 spiro atoms. The number of carbonyl (C=O) groups is 1. The predicted octanol–water partition coefficient (Wildman–Crippen LogP) is -0.498. The molecule has 0 bridgehead atoms. The topological polar surface area (TPSA) is 72.2 Å². The summed E-state index contributed by atoms with van der Waals surface area (Å²) in [6, 6.07) is 0. The van der Waals surface area contributed by atoms with Crippen molar-refractivity contribution in [3.05, 3.63) is 17.7 Å². The minimum Gasteiger partial charge on any atom is -0.343 e. The molecule has 5 nitrogen and oxygen atoms in total. The van der Waals surface area contributed by atoms with Crippen LogP contribution in [0.25, 0.3) is 0 Å². The zero-order valence-electron chi connectivity index (χ0n) is 4.90. The first-order chi connectivity index (χ1) is 4.88. The maximum atomic E-state index is 10.8. The van der Waals surface area contributed by atoms with Crippen LogP contribution in [0, 0.1) is 0 Å². The van der Waals surface area contributed by atoms with Crippen LogP contribution in [0.1, 0.15) is 16.2 Å². The minimum absolute atomic E-state index is 0.343. The van der Waals surface area contributed by atoms with E-state index < -0.39 is 5.91 Å². The lowest BCUT2D eigenvalue weighted by Gasteiger charge is -1.97. The fraction of sp³-hybridized carbons (Fsp3) is 0. The van der Waals surface area contributed by atoms with Crippen molar-refractivity contribution in [3.8, 4) is 0 Å². The summed E-state index contributed by atoms with van der Waals surface area (Å²) in [6.07, 6.45) is 2.90. The number of hydrogen-bond donors (Lipinski definition) is 1. The molecular weight excluding hydrogens is 132 g/mol. The van der Waals surface area contributed by atoms with Crippen LogP contribution in [0.15, 0.2) is 11.4 Å². The predicted molar refractivity (Wildman–Crippen MR) is 32.6 cm³/mol. The number of carbonyl (C=O) groups excluding carboxylic acids is 1. The van der Waals surface area contributed by atoms with Gasteiger partial charge in [0.1, 0.15) is 0 Å². The van der Waals surface area contributed by atoms with Crippen LogP contribution in [0.5, 0.6) is 0 Å². The number of hydrogen-bond acceptors (Lipinski definition) is 3. The van der Waals surface area contributed by atoms with Crippen molar-refractivity contribution >= 4 is 12.1 Å². The Kier molecular flexibility index (Phi) is 0.858. The number of fused-ring (bicyclic) bond motifs is 1. The normalized spacial score (nSPS) is 14.6. The Hall–Kier alpha value is -1.65. The fourth-order valence-corrected chi connectivity index (χ4v) is 0.760. The first kappa shape index (κ1) is 5.16. The summed E-state index contributed by atoms with van der Waals surface area (Å²) < 4.78 is 0. The zero-order valence-corrected chi connectivity index (χ0v) is 4.90. The SMILES string of the molecule is O=C1[N]N=Cc2[nH]cnc21. The Morgan fingerprint density at radius 3 is 3.20 bits per heavy atom. The standard InChI is InChI=1S/C5H3N4O/c10-5-4-3(1-8-9-5)6-2-7-4/h1-2H,(H,6,7). The van der Waals surface area contributed by atoms with Crippen molar-refractivity contribution in [1.82, 2.24) is 15.4 Å². The van der Waals surface area contributed by atoms with Crippen LogP contribution in [-0.4, -0.2) is 22.1 Å². The molecular formula is C5H3N4O. The number of nitrogens with one attached hydrogen (secondary N) is 1. The van der Waals surface area contributed by atoms with Crippen LogP contribution in [0.4, 0.5) is 0 Å². The molecule has 0 aromatic carbocycles. The van der Waals surface area contributed by atoms with Gasteiger partial charge in [-0.2, -0.15) is 5.10 Å². The summed E-state index contributed by atoms with van der Waals surface area (Å²) in [6.45, 7) is 0. The average Bonchev–Trinajstić information content (AvgIpc) is 2.36. The molecule has 0 fully saturated rings. The number of nitrogens with zero attached hydrogens (tertiary/aromatic N) is 3. The van der Waals surface area contributed by atoms with Crippen molar-refractivity contribution in [1.29, 1.82) is 0 Å². The van der Waals surface area contributed by atoms with Gasteiger partial charge in [-0.15, -0.1) is 5.43 Å². The third kappa shape index (κ3) is 0.540. The summed E-state index contributed by atoms with van der Waals surface area (Å²) in [5.41, 5.74) is 4.26. The average molecular weight is 135 g/mol. The highest BCUT2D eigenvalue weighted by Crippen LogP contribution is 2.03. The Morgan fingerprint density at radius 1 is 1.50 bits per heavy atom. The van der Waals surface area contributed by atoms with Crippen LogP contribution >= 0.6 is 0 Å². The minimum atomic E-state index is -0.390.